The van der Waals surface area contributed by atoms with E-state index in [1.807, 2.05) is 19.1 Å². The summed E-state index contributed by atoms with van der Waals surface area (Å²) in [6, 6.07) is 8.74. The topological polar surface area (TPSA) is 81.4 Å². The molecule has 0 saturated heterocycles. The third-order valence-electron chi connectivity index (χ3n) is 2.50. The van der Waals surface area contributed by atoms with Gasteiger partial charge in [0.1, 0.15) is 0 Å². The maximum Gasteiger partial charge on any atom is 0.377 e. The average Bonchev–Trinajstić information content (AvgIpc) is 2.85. The van der Waals surface area contributed by atoms with Gasteiger partial charge in [-0.25, -0.2) is 4.79 Å². The van der Waals surface area contributed by atoms with Crippen LogP contribution in [0.25, 0.3) is 0 Å². The van der Waals surface area contributed by atoms with Gasteiger partial charge in [-0.1, -0.05) is 22.9 Å². The zero-order valence-corrected chi connectivity index (χ0v) is 11.2. The number of amides is 1. The van der Waals surface area contributed by atoms with Gasteiger partial charge in [-0.15, -0.1) is 0 Å². The number of hydrogen-bond acceptors (Lipinski definition) is 5. The standard InChI is InChI=1S/C14H14N2O4/c1-9-3-5-11(6-4-9)15-13(17)8-19-14(18)12-7-10(2)16-20-12/h3-7H,8H2,1-2H3,(H,15,17). The molecule has 0 aliphatic rings. The van der Waals surface area contributed by atoms with Crippen LogP contribution in [0.4, 0.5) is 5.69 Å². The Morgan fingerprint density at radius 1 is 1.25 bits per heavy atom. The van der Waals surface area contributed by atoms with Gasteiger partial charge in [0, 0.05) is 11.8 Å². The summed E-state index contributed by atoms with van der Waals surface area (Å²) in [4.78, 5) is 23.1. The summed E-state index contributed by atoms with van der Waals surface area (Å²) in [5, 5.41) is 6.18. The van der Waals surface area contributed by atoms with Gasteiger partial charge in [0.05, 0.1) is 5.69 Å². The van der Waals surface area contributed by atoms with Crippen molar-refractivity contribution < 1.29 is 18.8 Å². The Morgan fingerprint density at radius 3 is 2.55 bits per heavy atom. The third-order valence-corrected chi connectivity index (χ3v) is 2.50. The van der Waals surface area contributed by atoms with Gasteiger partial charge >= 0.3 is 5.97 Å². The number of hydrogen-bond donors (Lipinski definition) is 1. The van der Waals surface area contributed by atoms with Crippen molar-refractivity contribution in [1.82, 2.24) is 5.16 Å². The van der Waals surface area contributed by atoms with E-state index >= 15 is 0 Å². The minimum Gasteiger partial charge on any atom is -0.450 e. The molecule has 2 aromatic rings. The number of carbonyl (C=O) groups is 2. The summed E-state index contributed by atoms with van der Waals surface area (Å²) in [6.45, 7) is 3.25. The first-order valence-corrected chi connectivity index (χ1v) is 6.01. The van der Waals surface area contributed by atoms with Crippen LogP contribution in [0, 0.1) is 13.8 Å². The summed E-state index contributed by atoms with van der Waals surface area (Å²) in [6.07, 6.45) is 0. The maximum atomic E-state index is 11.6. The van der Waals surface area contributed by atoms with Gasteiger partial charge < -0.3 is 14.6 Å². The number of ether oxygens (including phenoxy) is 1. The molecule has 0 atom stereocenters. The van der Waals surface area contributed by atoms with Gasteiger partial charge in [-0.05, 0) is 26.0 Å². The molecule has 0 fully saturated rings. The second kappa shape index (κ2) is 6.01. The summed E-state index contributed by atoms with van der Waals surface area (Å²) in [5.74, 6) is -1.16. The Kier molecular flexibility index (Phi) is 4.14. The number of nitrogens with one attached hydrogen (secondary N) is 1. The Morgan fingerprint density at radius 2 is 1.95 bits per heavy atom. The summed E-state index contributed by atoms with van der Waals surface area (Å²) in [5.41, 5.74) is 2.31. The van der Waals surface area contributed by atoms with Crippen molar-refractivity contribution in [2.45, 2.75) is 13.8 Å². The normalized spacial score (nSPS) is 10.1. The molecule has 1 aromatic carbocycles. The van der Waals surface area contributed by atoms with E-state index in [4.69, 9.17) is 9.26 Å². The highest BCUT2D eigenvalue weighted by atomic mass is 16.6. The van der Waals surface area contributed by atoms with E-state index in [9.17, 15) is 9.59 Å². The molecule has 6 nitrogen and oxygen atoms in total. The van der Waals surface area contributed by atoms with Crippen molar-refractivity contribution in [2.24, 2.45) is 0 Å². The van der Waals surface area contributed by atoms with Gasteiger partial charge in [0.2, 0.25) is 5.76 Å². The van der Waals surface area contributed by atoms with E-state index < -0.39 is 11.9 Å². The van der Waals surface area contributed by atoms with Crippen LogP contribution in [-0.4, -0.2) is 23.6 Å². The predicted octanol–water partition coefficient (Wildman–Crippen LogP) is 2.09. The summed E-state index contributed by atoms with van der Waals surface area (Å²) >= 11 is 0. The van der Waals surface area contributed by atoms with Crippen molar-refractivity contribution in [3.8, 4) is 0 Å². The Labute approximate surface area is 115 Å². The van der Waals surface area contributed by atoms with Crippen LogP contribution in [0.5, 0.6) is 0 Å². The number of esters is 1. The second-order valence-corrected chi connectivity index (χ2v) is 4.32. The SMILES string of the molecule is Cc1ccc(NC(=O)COC(=O)c2cc(C)no2)cc1. The summed E-state index contributed by atoms with van der Waals surface area (Å²) < 4.78 is 9.55. The molecular formula is C14H14N2O4. The molecule has 6 heteroatoms. The van der Waals surface area contributed by atoms with E-state index in [-0.39, 0.29) is 12.4 Å². The minimum absolute atomic E-state index is 0.0226. The molecule has 1 amide bonds. The molecule has 1 aromatic heterocycles. The molecule has 0 radical (unpaired) electrons. The van der Waals surface area contributed by atoms with E-state index in [0.717, 1.165) is 5.56 Å². The number of anilines is 1. The zero-order valence-electron chi connectivity index (χ0n) is 11.2. The highest BCUT2D eigenvalue weighted by Crippen LogP contribution is 2.08. The first-order valence-electron chi connectivity index (χ1n) is 6.01. The number of rotatable bonds is 4. The van der Waals surface area contributed by atoms with Gasteiger partial charge in [0.15, 0.2) is 6.61 Å². The predicted molar refractivity (Wildman–Crippen MR) is 71.3 cm³/mol. The van der Waals surface area contributed by atoms with E-state index in [0.29, 0.717) is 11.4 Å². The second-order valence-electron chi connectivity index (χ2n) is 4.32. The van der Waals surface area contributed by atoms with Crippen molar-refractivity contribution in [2.75, 3.05) is 11.9 Å². The Hall–Kier alpha value is -2.63. The van der Waals surface area contributed by atoms with Gasteiger partial charge in [0.25, 0.3) is 5.91 Å². The average molecular weight is 274 g/mol. The van der Waals surface area contributed by atoms with Gasteiger partial charge in [-0.2, -0.15) is 0 Å². The minimum atomic E-state index is -0.718. The Bertz CT molecular complexity index is 616. The van der Waals surface area contributed by atoms with Crippen LogP contribution in [0.1, 0.15) is 21.8 Å². The van der Waals surface area contributed by atoms with Crippen LogP contribution in [0.15, 0.2) is 34.9 Å². The van der Waals surface area contributed by atoms with E-state index in [1.54, 1.807) is 19.1 Å². The molecule has 0 spiro atoms. The molecule has 20 heavy (non-hydrogen) atoms. The van der Waals surface area contributed by atoms with Gasteiger partial charge in [-0.3, -0.25) is 4.79 Å². The fraction of sp³-hybridized carbons (Fsp3) is 0.214. The Balaban J connectivity index is 1.83. The van der Waals surface area contributed by atoms with Crippen molar-refractivity contribution in [1.29, 1.82) is 0 Å². The van der Waals surface area contributed by atoms with Crippen molar-refractivity contribution in [3.63, 3.8) is 0 Å². The number of aromatic nitrogens is 1. The smallest absolute Gasteiger partial charge is 0.377 e. The third kappa shape index (κ3) is 3.68. The number of nitrogens with zero attached hydrogens (tertiary/aromatic N) is 1. The molecule has 2 rings (SSSR count). The zero-order chi connectivity index (χ0) is 14.5. The first kappa shape index (κ1) is 13.8. The highest BCUT2D eigenvalue weighted by molar-refractivity contribution is 5.94. The lowest BCUT2D eigenvalue weighted by atomic mass is 10.2. The largest absolute Gasteiger partial charge is 0.450 e. The lowest BCUT2D eigenvalue weighted by Gasteiger charge is -2.05. The van der Waals surface area contributed by atoms with Crippen LogP contribution in [-0.2, 0) is 9.53 Å². The fourth-order valence-corrected chi connectivity index (χ4v) is 1.50. The monoisotopic (exact) mass is 274 g/mol. The van der Waals surface area contributed by atoms with Crippen LogP contribution in [0.2, 0.25) is 0 Å². The molecular weight excluding hydrogens is 260 g/mol. The van der Waals surface area contributed by atoms with Crippen molar-refractivity contribution in [3.05, 3.63) is 47.3 Å². The number of aryl methyl sites for hydroxylation is 2. The number of carbonyl (C=O) groups excluding carboxylic acids is 2. The maximum absolute atomic E-state index is 11.6. The fourth-order valence-electron chi connectivity index (χ4n) is 1.50. The molecule has 0 aliphatic heterocycles. The quantitative estimate of drug-likeness (QED) is 0.863. The van der Waals surface area contributed by atoms with Crippen LogP contribution >= 0.6 is 0 Å². The molecule has 0 unspecified atom stereocenters. The molecule has 0 saturated carbocycles. The number of benzene rings is 1. The van der Waals surface area contributed by atoms with Crippen LogP contribution in [0.3, 0.4) is 0 Å². The lowest BCUT2D eigenvalue weighted by molar-refractivity contribution is -0.119. The first-order chi connectivity index (χ1) is 9.54. The molecule has 104 valence electrons. The van der Waals surface area contributed by atoms with Crippen LogP contribution < -0.4 is 5.32 Å². The molecule has 1 N–H and O–H groups in total. The van der Waals surface area contributed by atoms with Crippen molar-refractivity contribution >= 4 is 17.6 Å². The lowest BCUT2D eigenvalue weighted by Crippen LogP contribution is -2.20. The van der Waals surface area contributed by atoms with E-state index in [2.05, 4.69) is 10.5 Å². The highest BCUT2D eigenvalue weighted by Gasteiger charge is 2.14. The molecule has 0 aliphatic carbocycles. The molecule has 0 bridgehead atoms. The molecule has 1 heterocycles. The van der Waals surface area contributed by atoms with E-state index in [1.165, 1.54) is 6.07 Å². The summed E-state index contributed by atoms with van der Waals surface area (Å²) in [7, 11) is 0.